The molecule has 3 aromatic carbocycles. The molecule has 13 heteroatoms. The molecule has 0 aliphatic carbocycles. The minimum atomic E-state index is -4.99. The van der Waals surface area contributed by atoms with Crippen molar-refractivity contribution in [3.8, 4) is 17.2 Å². The van der Waals surface area contributed by atoms with E-state index in [1.54, 1.807) is 0 Å². The Hall–Kier alpha value is -3.26. The second kappa shape index (κ2) is 6.97. The Morgan fingerprint density at radius 2 is 1.41 bits per heavy atom. The summed E-state index contributed by atoms with van der Waals surface area (Å²) in [6, 6.07) is 7.76. The lowest BCUT2D eigenvalue weighted by atomic mass is 10.1. The molecule has 0 saturated heterocycles. The molecule has 0 bridgehead atoms. The molecule has 0 fully saturated rings. The van der Waals surface area contributed by atoms with Gasteiger partial charge in [-0.2, -0.15) is 16.8 Å². The lowest BCUT2D eigenvalue weighted by molar-refractivity contribution is 0.457. The van der Waals surface area contributed by atoms with E-state index in [2.05, 4.69) is 10.2 Å². The van der Waals surface area contributed by atoms with Gasteiger partial charge in [0.2, 0.25) is 0 Å². The first-order chi connectivity index (χ1) is 13.4. The lowest BCUT2D eigenvalue weighted by Crippen LogP contribution is -2.01. The monoisotopic (exact) mass is 440 g/mol. The van der Waals surface area contributed by atoms with Gasteiger partial charge in [-0.25, -0.2) is 0 Å². The average Bonchev–Trinajstić information content (AvgIpc) is 2.60. The normalized spacial score (nSPS) is 12.6. The van der Waals surface area contributed by atoms with Crippen LogP contribution >= 0.6 is 0 Å². The molecule has 3 aromatic rings. The molecule has 0 amide bonds. The molecule has 0 atom stereocenters. The molecule has 29 heavy (non-hydrogen) atoms. The van der Waals surface area contributed by atoms with Gasteiger partial charge in [0, 0.05) is 6.07 Å². The van der Waals surface area contributed by atoms with Gasteiger partial charge in [0.15, 0.2) is 5.75 Å². The number of hydrogen-bond acceptors (Lipinski definition) is 9. The van der Waals surface area contributed by atoms with Crippen LogP contribution in [0.1, 0.15) is 0 Å². The maximum Gasteiger partial charge on any atom is 0.296 e. The zero-order chi connectivity index (χ0) is 21.6. The number of fused-ring (bicyclic) bond motifs is 1. The third-order valence-electron chi connectivity index (χ3n) is 3.82. The fraction of sp³-hybridized carbons (Fsp3) is 0. The summed E-state index contributed by atoms with van der Waals surface area (Å²) in [6.45, 7) is 0. The minimum Gasteiger partial charge on any atom is -0.507 e. The third kappa shape index (κ3) is 3.97. The minimum absolute atomic E-state index is 0.0840. The number of aromatic hydroxyl groups is 3. The van der Waals surface area contributed by atoms with Gasteiger partial charge in [-0.3, -0.25) is 9.11 Å². The van der Waals surface area contributed by atoms with E-state index in [4.69, 9.17) is 4.55 Å². The Kier molecular flexibility index (Phi) is 4.92. The van der Waals surface area contributed by atoms with Crippen molar-refractivity contribution in [2.24, 2.45) is 10.2 Å². The van der Waals surface area contributed by atoms with Gasteiger partial charge in [-0.1, -0.05) is 12.1 Å². The van der Waals surface area contributed by atoms with Crippen molar-refractivity contribution in [3.63, 3.8) is 0 Å². The predicted octanol–water partition coefficient (Wildman–Crippen LogP) is 2.87. The fourth-order valence-electron chi connectivity index (χ4n) is 2.53. The standard InChI is InChI=1S/C16H12N2O9S2/c19-11-4-2-1-3-10(11)17-18-15-13(29(25,26)27)6-8-5-9(28(22,23)24)7-12(20)14(8)16(15)21/h1-7,19-21H,(H,22,23,24)(H,25,26,27). The second-order valence-corrected chi connectivity index (χ2v) is 8.56. The van der Waals surface area contributed by atoms with E-state index < -0.39 is 52.6 Å². The maximum atomic E-state index is 11.8. The molecule has 11 nitrogen and oxygen atoms in total. The summed E-state index contributed by atoms with van der Waals surface area (Å²) in [5.74, 6) is -2.05. The number of phenols is 3. The van der Waals surface area contributed by atoms with Gasteiger partial charge in [-0.05, 0) is 29.7 Å². The SMILES string of the molecule is O=S(=O)(O)c1cc(O)c2c(O)c(N=Nc3ccccc3O)c(S(=O)(=O)O)cc2c1. The van der Waals surface area contributed by atoms with Gasteiger partial charge in [0.25, 0.3) is 20.2 Å². The maximum absolute atomic E-state index is 11.8. The van der Waals surface area contributed by atoms with Gasteiger partial charge < -0.3 is 15.3 Å². The van der Waals surface area contributed by atoms with E-state index in [-0.39, 0.29) is 16.8 Å². The van der Waals surface area contributed by atoms with E-state index in [9.17, 15) is 36.7 Å². The van der Waals surface area contributed by atoms with Gasteiger partial charge in [-0.15, -0.1) is 10.2 Å². The Labute approximate surface area is 163 Å². The van der Waals surface area contributed by atoms with Crippen LogP contribution in [0.4, 0.5) is 11.4 Å². The highest BCUT2D eigenvalue weighted by molar-refractivity contribution is 7.86. The molecule has 0 radical (unpaired) electrons. The van der Waals surface area contributed by atoms with Crippen LogP contribution in [-0.4, -0.2) is 41.3 Å². The molecule has 3 rings (SSSR count). The van der Waals surface area contributed by atoms with Crippen LogP contribution in [0.3, 0.4) is 0 Å². The topological polar surface area (TPSA) is 194 Å². The second-order valence-electron chi connectivity index (χ2n) is 5.75. The molecule has 0 saturated carbocycles. The first-order valence-corrected chi connectivity index (χ1v) is 10.4. The van der Waals surface area contributed by atoms with Crippen molar-refractivity contribution in [2.75, 3.05) is 0 Å². The summed E-state index contributed by atoms with van der Waals surface area (Å²) in [5.41, 5.74) is -0.850. The summed E-state index contributed by atoms with van der Waals surface area (Å²) in [6.07, 6.45) is 0. The zero-order valence-electron chi connectivity index (χ0n) is 14.1. The number of para-hydroxylation sites is 1. The van der Waals surface area contributed by atoms with E-state index in [1.807, 2.05) is 0 Å². The summed E-state index contributed by atoms with van der Waals surface area (Å²) in [4.78, 5) is -1.72. The van der Waals surface area contributed by atoms with E-state index in [0.29, 0.717) is 6.07 Å². The molecule has 0 aliphatic rings. The molecule has 5 N–H and O–H groups in total. The fourth-order valence-corrected chi connectivity index (χ4v) is 3.73. The van der Waals surface area contributed by atoms with Crippen molar-refractivity contribution in [1.82, 2.24) is 0 Å². The zero-order valence-corrected chi connectivity index (χ0v) is 15.8. The van der Waals surface area contributed by atoms with Crippen LogP contribution in [-0.2, 0) is 20.2 Å². The van der Waals surface area contributed by atoms with Crippen molar-refractivity contribution < 1.29 is 41.3 Å². The summed E-state index contributed by atoms with van der Waals surface area (Å²) >= 11 is 0. The highest BCUT2D eigenvalue weighted by Gasteiger charge is 2.25. The molecule has 0 heterocycles. The van der Waals surface area contributed by atoms with Crippen LogP contribution in [0.25, 0.3) is 10.8 Å². The van der Waals surface area contributed by atoms with Crippen LogP contribution in [0.5, 0.6) is 17.2 Å². The van der Waals surface area contributed by atoms with Crippen LogP contribution in [0, 0.1) is 0 Å². The molecule has 0 spiro atoms. The highest BCUT2D eigenvalue weighted by atomic mass is 32.2. The Balaban J connectivity index is 2.36. The van der Waals surface area contributed by atoms with Crippen molar-refractivity contribution in [2.45, 2.75) is 9.79 Å². The van der Waals surface area contributed by atoms with Crippen LogP contribution < -0.4 is 0 Å². The van der Waals surface area contributed by atoms with Crippen LogP contribution in [0.2, 0.25) is 0 Å². The summed E-state index contributed by atoms with van der Waals surface area (Å²) in [7, 11) is -9.76. The molecular formula is C16H12N2O9S2. The Bertz CT molecular complexity index is 1380. The van der Waals surface area contributed by atoms with Crippen LogP contribution in [0.15, 0.2) is 62.5 Å². The number of phenolic OH excluding ortho intramolecular Hbond substituents is 3. The molecule has 0 unspecified atom stereocenters. The molecular weight excluding hydrogens is 428 g/mol. The van der Waals surface area contributed by atoms with Crippen molar-refractivity contribution in [1.29, 1.82) is 0 Å². The van der Waals surface area contributed by atoms with Gasteiger partial charge in [0.05, 0.1) is 10.3 Å². The van der Waals surface area contributed by atoms with E-state index in [0.717, 1.165) is 12.1 Å². The Morgan fingerprint density at radius 3 is 2.00 bits per heavy atom. The first-order valence-electron chi connectivity index (χ1n) is 7.57. The van der Waals surface area contributed by atoms with Crippen molar-refractivity contribution in [3.05, 3.63) is 42.5 Å². The number of azo groups is 1. The number of hydrogen-bond donors (Lipinski definition) is 5. The largest absolute Gasteiger partial charge is 0.507 e. The van der Waals surface area contributed by atoms with Gasteiger partial charge >= 0.3 is 0 Å². The molecule has 0 aromatic heterocycles. The predicted molar refractivity (Wildman–Crippen MR) is 99.2 cm³/mol. The molecule has 152 valence electrons. The third-order valence-corrected chi connectivity index (χ3v) is 5.52. The Morgan fingerprint density at radius 1 is 0.759 bits per heavy atom. The molecule has 0 aliphatic heterocycles. The number of benzene rings is 3. The quantitative estimate of drug-likeness (QED) is 0.299. The van der Waals surface area contributed by atoms with Crippen molar-refractivity contribution >= 4 is 42.4 Å². The summed E-state index contributed by atoms with van der Waals surface area (Å²) < 4.78 is 64.8. The number of nitrogens with zero attached hydrogens (tertiary/aromatic N) is 2. The summed E-state index contributed by atoms with van der Waals surface area (Å²) in [5, 5.41) is 36.7. The highest BCUT2D eigenvalue weighted by Crippen LogP contribution is 2.45. The van der Waals surface area contributed by atoms with Gasteiger partial charge in [0.1, 0.15) is 27.8 Å². The number of rotatable bonds is 4. The van der Waals surface area contributed by atoms with E-state index >= 15 is 0 Å². The first kappa shape index (κ1) is 20.5. The average molecular weight is 440 g/mol. The smallest absolute Gasteiger partial charge is 0.296 e. The lowest BCUT2D eigenvalue weighted by Gasteiger charge is -2.11. The van der Waals surface area contributed by atoms with E-state index in [1.165, 1.54) is 24.3 Å².